The highest BCUT2D eigenvalue weighted by atomic mass is 32.1. The van der Waals surface area contributed by atoms with Gasteiger partial charge in [0.2, 0.25) is 0 Å². The van der Waals surface area contributed by atoms with Crippen LogP contribution in [-0.2, 0) is 12.8 Å². The maximum absolute atomic E-state index is 12.3. The van der Waals surface area contributed by atoms with Gasteiger partial charge in [-0.3, -0.25) is 4.79 Å². The highest BCUT2D eigenvalue weighted by Gasteiger charge is 2.23. The van der Waals surface area contributed by atoms with Gasteiger partial charge >= 0.3 is 0 Å². The van der Waals surface area contributed by atoms with Crippen molar-refractivity contribution >= 4 is 22.4 Å². The molecule has 1 heterocycles. The van der Waals surface area contributed by atoms with Crippen LogP contribution in [0.4, 0.5) is 5.13 Å². The van der Waals surface area contributed by atoms with Gasteiger partial charge in [0.05, 0.1) is 5.69 Å². The monoisotopic (exact) mass is 301 g/mol. The fourth-order valence-electron chi connectivity index (χ4n) is 2.67. The molecule has 1 aromatic carbocycles. The summed E-state index contributed by atoms with van der Waals surface area (Å²) >= 11 is 1.54. The number of rotatable bonds is 2. The molecule has 1 amide bonds. The third kappa shape index (κ3) is 2.93. The lowest BCUT2D eigenvalue weighted by Crippen LogP contribution is -2.38. The van der Waals surface area contributed by atoms with Gasteiger partial charge in [0.25, 0.3) is 5.91 Å². The third-order valence-corrected chi connectivity index (χ3v) is 5.01. The summed E-state index contributed by atoms with van der Waals surface area (Å²) in [6.45, 7) is 4.08. The number of aromatic nitrogens is 1. The molecule has 2 aromatic rings. The predicted molar refractivity (Wildman–Crippen MR) is 85.7 cm³/mol. The number of hydrogen-bond donors (Lipinski definition) is 2. The summed E-state index contributed by atoms with van der Waals surface area (Å²) in [5.74, 6) is 0.00374. The van der Waals surface area contributed by atoms with Gasteiger partial charge in [-0.15, -0.1) is 11.3 Å². The Bertz CT molecular complexity index is 693. The van der Waals surface area contributed by atoms with Gasteiger partial charge in [0.15, 0.2) is 5.13 Å². The van der Waals surface area contributed by atoms with Crippen molar-refractivity contribution in [1.29, 1.82) is 0 Å². The van der Waals surface area contributed by atoms with Crippen LogP contribution < -0.4 is 11.1 Å². The lowest BCUT2D eigenvalue weighted by atomic mass is 9.97. The highest BCUT2D eigenvalue weighted by molar-refractivity contribution is 7.15. The molecular formula is C16H19N3OS. The fourth-order valence-corrected chi connectivity index (χ4v) is 3.63. The van der Waals surface area contributed by atoms with Crippen molar-refractivity contribution in [2.24, 2.45) is 0 Å². The Morgan fingerprint density at radius 2 is 2.19 bits per heavy atom. The summed E-state index contributed by atoms with van der Waals surface area (Å²) in [4.78, 5) is 17.9. The molecule has 0 spiro atoms. The van der Waals surface area contributed by atoms with E-state index >= 15 is 0 Å². The largest absolute Gasteiger partial charge is 0.375 e. The Hall–Kier alpha value is -1.88. The molecule has 1 aromatic heterocycles. The minimum absolute atomic E-state index is 0.00374. The predicted octanol–water partition coefficient (Wildman–Crippen LogP) is 2.63. The normalized spacial score (nSPS) is 17.3. The average molecular weight is 301 g/mol. The summed E-state index contributed by atoms with van der Waals surface area (Å²) in [7, 11) is 0. The average Bonchev–Trinajstić information content (AvgIpc) is 2.81. The minimum atomic E-state index is 0.00374. The molecule has 0 saturated carbocycles. The fraction of sp³-hybridized carbons (Fsp3) is 0.375. The molecule has 0 fully saturated rings. The number of nitrogens with two attached hydrogens (primary N) is 1. The van der Waals surface area contributed by atoms with E-state index in [1.54, 1.807) is 0 Å². The Kier molecular flexibility index (Phi) is 3.68. The standard InChI is InChI=1S/C16H19N3OS/c1-9-3-4-11(7-10(9)2)15(20)18-12-5-6-13-14(8-12)21-16(17)19-13/h3-4,7,12H,5-6,8H2,1-2H3,(H2,17,19)(H,18,20). The van der Waals surface area contributed by atoms with Crippen molar-refractivity contribution in [2.75, 3.05) is 5.73 Å². The number of carbonyl (C=O) groups is 1. The summed E-state index contributed by atoms with van der Waals surface area (Å²) in [6, 6.07) is 6.00. The molecule has 1 aliphatic rings. The van der Waals surface area contributed by atoms with Crippen molar-refractivity contribution in [1.82, 2.24) is 10.3 Å². The molecule has 3 rings (SSSR count). The number of fused-ring (bicyclic) bond motifs is 1. The zero-order valence-electron chi connectivity index (χ0n) is 12.3. The lowest BCUT2D eigenvalue weighted by Gasteiger charge is -2.22. The number of nitrogens with one attached hydrogen (secondary N) is 1. The van der Waals surface area contributed by atoms with E-state index in [1.165, 1.54) is 21.8 Å². The lowest BCUT2D eigenvalue weighted by molar-refractivity contribution is 0.0933. The number of benzene rings is 1. The molecule has 1 unspecified atom stereocenters. The van der Waals surface area contributed by atoms with Gasteiger partial charge in [-0.2, -0.15) is 0 Å². The van der Waals surface area contributed by atoms with Crippen LogP contribution in [0.5, 0.6) is 0 Å². The first-order valence-corrected chi connectivity index (χ1v) is 7.97. The van der Waals surface area contributed by atoms with Crippen LogP contribution in [0.15, 0.2) is 18.2 Å². The van der Waals surface area contributed by atoms with Gasteiger partial charge in [-0.25, -0.2) is 4.98 Å². The zero-order chi connectivity index (χ0) is 15.0. The Morgan fingerprint density at radius 1 is 1.38 bits per heavy atom. The quantitative estimate of drug-likeness (QED) is 0.896. The molecule has 4 nitrogen and oxygen atoms in total. The van der Waals surface area contributed by atoms with Gasteiger partial charge in [-0.1, -0.05) is 6.07 Å². The Morgan fingerprint density at radius 3 is 2.95 bits per heavy atom. The molecule has 3 N–H and O–H groups in total. The van der Waals surface area contributed by atoms with Gasteiger partial charge in [-0.05, 0) is 49.9 Å². The first-order chi connectivity index (χ1) is 10.0. The van der Waals surface area contributed by atoms with Crippen molar-refractivity contribution < 1.29 is 4.79 Å². The molecule has 21 heavy (non-hydrogen) atoms. The maximum Gasteiger partial charge on any atom is 0.251 e. The molecule has 110 valence electrons. The summed E-state index contributed by atoms with van der Waals surface area (Å²) < 4.78 is 0. The molecular weight excluding hydrogens is 282 g/mol. The van der Waals surface area contributed by atoms with Crippen LogP contribution in [0.1, 0.15) is 38.5 Å². The Balaban J connectivity index is 1.69. The summed E-state index contributed by atoms with van der Waals surface area (Å²) in [6.07, 6.45) is 2.65. The first kappa shape index (κ1) is 14.1. The summed E-state index contributed by atoms with van der Waals surface area (Å²) in [5.41, 5.74) is 9.93. The number of carbonyl (C=O) groups excluding carboxylic acids is 1. The second-order valence-electron chi connectivity index (χ2n) is 5.63. The molecule has 0 radical (unpaired) electrons. The SMILES string of the molecule is Cc1ccc(C(=O)NC2CCc3nc(N)sc3C2)cc1C. The smallest absolute Gasteiger partial charge is 0.251 e. The van der Waals surface area contributed by atoms with E-state index in [4.69, 9.17) is 5.73 Å². The van der Waals surface area contributed by atoms with Crippen LogP contribution in [-0.4, -0.2) is 16.9 Å². The molecule has 0 aliphatic heterocycles. The van der Waals surface area contributed by atoms with E-state index in [0.29, 0.717) is 5.13 Å². The number of hydrogen-bond acceptors (Lipinski definition) is 4. The van der Waals surface area contributed by atoms with E-state index in [1.807, 2.05) is 32.0 Å². The van der Waals surface area contributed by atoms with Gasteiger partial charge in [0.1, 0.15) is 0 Å². The third-order valence-electron chi connectivity index (χ3n) is 4.06. The van der Waals surface area contributed by atoms with Crippen LogP contribution in [0, 0.1) is 13.8 Å². The number of nitrogen functional groups attached to an aromatic ring is 1. The number of thiazole rings is 1. The van der Waals surface area contributed by atoms with Gasteiger partial charge < -0.3 is 11.1 Å². The molecule has 5 heteroatoms. The van der Waals surface area contributed by atoms with Crippen molar-refractivity contribution in [3.8, 4) is 0 Å². The Labute approximate surface area is 128 Å². The van der Waals surface area contributed by atoms with Crippen molar-refractivity contribution in [3.05, 3.63) is 45.5 Å². The van der Waals surface area contributed by atoms with E-state index in [0.717, 1.165) is 36.1 Å². The highest BCUT2D eigenvalue weighted by Crippen LogP contribution is 2.28. The maximum atomic E-state index is 12.3. The van der Waals surface area contributed by atoms with E-state index in [2.05, 4.69) is 10.3 Å². The molecule has 0 saturated heterocycles. The van der Waals surface area contributed by atoms with Crippen molar-refractivity contribution in [3.63, 3.8) is 0 Å². The molecule has 0 bridgehead atoms. The topological polar surface area (TPSA) is 68.0 Å². The minimum Gasteiger partial charge on any atom is -0.375 e. The molecule has 1 atom stereocenters. The number of aryl methyl sites for hydroxylation is 3. The van der Waals surface area contributed by atoms with Crippen molar-refractivity contribution in [2.45, 2.75) is 39.2 Å². The van der Waals surface area contributed by atoms with Crippen LogP contribution in [0.3, 0.4) is 0 Å². The zero-order valence-corrected chi connectivity index (χ0v) is 13.1. The summed E-state index contributed by atoms with van der Waals surface area (Å²) in [5, 5.41) is 3.76. The van der Waals surface area contributed by atoms with E-state index in [-0.39, 0.29) is 11.9 Å². The van der Waals surface area contributed by atoms with E-state index in [9.17, 15) is 4.79 Å². The molecule has 1 aliphatic carbocycles. The number of nitrogens with zero attached hydrogens (tertiary/aromatic N) is 1. The van der Waals surface area contributed by atoms with Crippen LogP contribution >= 0.6 is 11.3 Å². The van der Waals surface area contributed by atoms with E-state index < -0.39 is 0 Å². The van der Waals surface area contributed by atoms with Crippen LogP contribution in [0.25, 0.3) is 0 Å². The van der Waals surface area contributed by atoms with Gasteiger partial charge in [0, 0.05) is 22.9 Å². The second kappa shape index (κ2) is 5.48. The first-order valence-electron chi connectivity index (χ1n) is 7.15. The number of anilines is 1. The van der Waals surface area contributed by atoms with Crippen LogP contribution in [0.2, 0.25) is 0 Å². The second-order valence-corrected chi connectivity index (χ2v) is 6.75. The number of amides is 1.